The van der Waals surface area contributed by atoms with Gasteiger partial charge in [-0.25, -0.2) is 0 Å². The maximum absolute atomic E-state index is 12.9. The molecule has 0 radical (unpaired) electrons. The molecular weight excluding hydrogens is 421 g/mol. The Kier molecular flexibility index (Phi) is 5.75. The van der Waals surface area contributed by atoms with Crippen LogP contribution in [0.2, 0.25) is 15.1 Å². The van der Waals surface area contributed by atoms with Crippen molar-refractivity contribution in [3.8, 4) is 0 Å². The monoisotopic (exact) mass is 439 g/mol. The van der Waals surface area contributed by atoms with E-state index in [1.165, 1.54) is 10.9 Å². The molecule has 3 rings (SSSR count). The van der Waals surface area contributed by atoms with Gasteiger partial charge >= 0.3 is 0 Å². The van der Waals surface area contributed by atoms with E-state index in [0.717, 1.165) is 17.0 Å². The van der Waals surface area contributed by atoms with Crippen molar-refractivity contribution < 1.29 is 4.79 Å². The molecule has 0 fully saturated rings. The topological polar surface area (TPSA) is 64.7 Å². The van der Waals surface area contributed by atoms with E-state index in [9.17, 15) is 4.79 Å². The summed E-state index contributed by atoms with van der Waals surface area (Å²) in [6, 6.07) is 5.46. The van der Waals surface area contributed by atoms with Gasteiger partial charge in [0.2, 0.25) is 0 Å². The maximum atomic E-state index is 12.9. The molecule has 3 aromatic rings. The van der Waals surface area contributed by atoms with Crippen LogP contribution < -0.4 is 5.32 Å². The fraction of sp³-hybridized carbons (Fsp3) is 0.316. The number of amides is 1. The van der Waals surface area contributed by atoms with Gasteiger partial charge in [-0.2, -0.15) is 10.2 Å². The zero-order valence-corrected chi connectivity index (χ0v) is 18.2. The van der Waals surface area contributed by atoms with Gasteiger partial charge in [0.1, 0.15) is 5.54 Å². The highest BCUT2D eigenvalue weighted by atomic mass is 35.5. The average Bonchev–Trinajstić information content (AvgIpc) is 3.17. The van der Waals surface area contributed by atoms with E-state index in [0.29, 0.717) is 27.3 Å². The zero-order chi connectivity index (χ0) is 20.6. The fourth-order valence-corrected chi connectivity index (χ4v) is 3.28. The SMILES string of the molecule is Cc1nn(Cc2ccc(Cl)c(Cl)c2)c(C)c1NC(=O)C(C)(C)n1cc(Cl)cn1. The van der Waals surface area contributed by atoms with Crippen molar-refractivity contribution in [1.29, 1.82) is 0 Å². The summed E-state index contributed by atoms with van der Waals surface area (Å²) in [4.78, 5) is 12.9. The van der Waals surface area contributed by atoms with Gasteiger partial charge in [-0.1, -0.05) is 40.9 Å². The quantitative estimate of drug-likeness (QED) is 0.602. The molecule has 2 aromatic heterocycles. The minimum Gasteiger partial charge on any atom is -0.321 e. The predicted octanol–water partition coefficient (Wildman–Crippen LogP) is 5.08. The lowest BCUT2D eigenvalue weighted by molar-refractivity contribution is -0.123. The molecule has 28 heavy (non-hydrogen) atoms. The lowest BCUT2D eigenvalue weighted by Crippen LogP contribution is -2.40. The number of aromatic nitrogens is 4. The highest BCUT2D eigenvalue weighted by Crippen LogP contribution is 2.26. The van der Waals surface area contributed by atoms with Crippen LogP contribution in [0.4, 0.5) is 5.69 Å². The molecule has 1 amide bonds. The molecule has 6 nitrogen and oxygen atoms in total. The minimum absolute atomic E-state index is 0.215. The number of rotatable bonds is 5. The fourth-order valence-electron chi connectivity index (χ4n) is 2.82. The number of anilines is 1. The van der Waals surface area contributed by atoms with E-state index in [1.807, 2.05) is 30.7 Å². The van der Waals surface area contributed by atoms with E-state index in [4.69, 9.17) is 34.8 Å². The van der Waals surface area contributed by atoms with Gasteiger partial charge in [0.05, 0.1) is 44.9 Å². The van der Waals surface area contributed by atoms with Crippen molar-refractivity contribution in [2.24, 2.45) is 0 Å². The molecule has 9 heteroatoms. The summed E-state index contributed by atoms with van der Waals surface area (Å²) in [6.45, 7) is 7.82. The number of carbonyl (C=O) groups is 1. The molecule has 0 saturated heterocycles. The number of nitrogens with one attached hydrogen (secondary N) is 1. The molecule has 0 aliphatic heterocycles. The first-order valence-corrected chi connectivity index (χ1v) is 9.73. The van der Waals surface area contributed by atoms with Gasteiger partial charge in [-0.05, 0) is 45.4 Å². The van der Waals surface area contributed by atoms with E-state index in [1.54, 1.807) is 26.1 Å². The molecular formula is C19H20Cl3N5O. The smallest absolute Gasteiger partial charge is 0.251 e. The second kappa shape index (κ2) is 7.78. The molecule has 0 saturated carbocycles. The maximum Gasteiger partial charge on any atom is 0.251 e. The van der Waals surface area contributed by atoms with Crippen LogP contribution in [0.1, 0.15) is 30.8 Å². The second-order valence-electron chi connectivity index (χ2n) is 7.07. The van der Waals surface area contributed by atoms with Crippen molar-refractivity contribution in [3.05, 3.63) is 62.6 Å². The number of halogens is 3. The molecule has 0 atom stereocenters. The first-order chi connectivity index (χ1) is 13.1. The zero-order valence-electron chi connectivity index (χ0n) is 15.9. The van der Waals surface area contributed by atoms with Crippen molar-refractivity contribution in [3.63, 3.8) is 0 Å². The van der Waals surface area contributed by atoms with Crippen LogP contribution in [0.3, 0.4) is 0 Å². The molecule has 0 aliphatic carbocycles. The van der Waals surface area contributed by atoms with Crippen LogP contribution in [0.25, 0.3) is 0 Å². The summed E-state index contributed by atoms with van der Waals surface area (Å²) in [5, 5.41) is 13.2. The Morgan fingerprint density at radius 2 is 1.89 bits per heavy atom. The lowest BCUT2D eigenvalue weighted by Gasteiger charge is -2.24. The second-order valence-corrected chi connectivity index (χ2v) is 8.32. The first kappa shape index (κ1) is 20.7. The van der Waals surface area contributed by atoms with Crippen LogP contribution in [-0.4, -0.2) is 25.5 Å². The molecule has 0 aliphatic rings. The van der Waals surface area contributed by atoms with E-state index < -0.39 is 5.54 Å². The van der Waals surface area contributed by atoms with Crippen molar-refractivity contribution >= 4 is 46.4 Å². The third kappa shape index (κ3) is 4.04. The highest BCUT2D eigenvalue weighted by molar-refractivity contribution is 6.42. The predicted molar refractivity (Wildman–Crippen MR) is 112 cm³/mol. The minimum atomic E-state index is -0.919. The van der Waals surface area contributed by atoms with Gasteiger partial charge < -0.3 is 5.32 Å². The summed E-state index contributed by atoms with van der Waals surface area (Å²) < 4.78 is 3.36. The van der Waals surface area contributed by atoms with Crippen LogP contribution in [-0.2, 0) is 16.9 Å². The van der Waals surface area contributed by atoms with Crippen LogP contribution in [0.15, 0.2) is 30.6 Å². The Morgan fingerprint density at radius 3 is 2.50 bits per heavy atom. The number of hydrogen-bond donors (Lipinski definition) is 1. The summed E-state index contributed by atoms with van der Waals surface area (Å²) in [5.74, 6) is -0.215. The van der Waals surface area contributed by atoms with Crippen molar-refractivity contribution in [2.75, 3.05) is 5.32 Å². The highest BCUT2D eigenvalue weighted by Gasteiger charge is 2.32. The van der Waals surface area contributed by atoms with Gasteiger partial charge in [-0.15, -0.1) is 0 Å². The van der Waals surface area contributed by atoms with Crippen molar-refractivity contribution in [1.82, 2.24) is 19.6 Å². The number of carbonyl (C=O) groups excluding carboxylic acids is 1. The standard InChI is InChI=1S/C19H20Cl3N5O/c1-11-17(24-18(28)19(3,4)27-10-14(20)8-23-27)12(2)26(25-11)9-13-5-6-15(21)16(22)7-13/h5-8,10H,9H2,1-4H3,(H,24,28). The van der Waals surface area contributed by atoms with E-state index >= 15 is 0 Å². The number of benzene rings is 1. The van der Waals surface area contributed by atoms with E-state index in [2.05, 4.69) is 15.5 Å². The lowest BCUT2D eigenvalue weighted by atomic mass is 10.0. The number of aryl methyl sites for hydroxylation is 1. The molecule has 1 N–H and O–H groups in total. The third-order valence-electron chi connectivity index (χ3n) is 4.62. The molecule has 2 heterocycles. The van der Waals surface area contributed by atoms with Gasteiger partial charge in [-0.3, -0.25) is 14.2 Å². The van der Waals surface area contributed by atoms with E-state index in [-0.39, 0.29) is 5.91 Å². The van der Waals surface area contributed by atoms with Crippen molar-refractivity contribution in [2.45, 2.75) is 39.8 Å². The largest absolute Gasteiger partial charge is 0.321 e. The molecule has 0 unspecified atom stereocenters. The molecule has 148 valence electrons. The van der Waals surface area contributed by atoms with Gasteiger partial charge in [0, 0.05) is 6.20 Å². The summed E-state index contributed by atoms with van der Waals surface area (Å²) in [5.41, 5.74) is 2.28. The van der Waals surface area contributed by atoms with Gasteiger partial charge in [0.25, 0.3) is 5.91 Å². The molecule has 0 bridgehead atoms. The van der Waals surface area contributed by atoms with Crippen LogP contribution >= 0.6 is 34.8 Å². The van der Waals surface area contributed by atoms with Crippen LogP contribution in [0.5, 0.6) is 0 Å². The Balaban J connectivity index is 1.83. The summed E-state index contributed by atoms with van der Waals surface area (Å²) in [6.07, 6.45) is 3.12. The number of nitrogens with zero attached hydrogens (tertiary/aromatic N) is 4. The van der Waals surface area contributed by atoms with Gasteiger partial charge in [0.15, 0.2) is 0 Å². The Bertz CT molecular complexity index is 1040. The summed E-state index contributed by atoms with van der Waals surface area (Å²) >= 11 is 18.0. The molecule has 1 aromatic carbocycles. The Labute approximate surface area is 178 Å². The third-order valence-corrected chi connectivity index (χ3v) is 5.55. The molecule has 0 spiro atoms. The number of hydrogen-bond acceptors (Lipinski definition) is 3. The van der Waals surface area contributed by atoms with Crippen LogP contribution in [0, 0.1) is 13.8 Å². The normalized spacial score (nSPS) is 11.7. The Morgan fingerprint density at radius 1 is 1.18 bits per heavy atom. The summed E-state index contributed by atoms with van der Waals surface area (Å²) in [7, 11) is 0. The first-order valence-electron chi connectivity index (χ1n) is 8.59. The average molecular weight is 441 g/mol. The Hall–Kier alpha value is -2.02.